The molecule has 2 heterocycles. The maximum Gasteiger partial charge on any atom is 0.309 e. The van der Waals surface area contributed by atoms with E-state index in [4.69, 9.17) is 9.15 Å². The molecule has 0 amide bonds. The third-order valence-corrected chi connectivity index (χ3v) is 3.60. The van der Waals surface area contributed by atoms with Crippen LogP contribution >= 0.6 is 0 Å². The molecule has 0 spiro atoms. The fourth-order valence-electron chi connectivity index (χ4n) is 2.43. The summed E-state index contributed by atoms with van der Waals surface area (Å²) in [7, 11) is 3.40. The Hall–Kier alpha value is -1.43. The number of carbonyl (C=O) groups is 1. The van der Waals surface area contributed by atoms with Crippen LogP contribution in [-0.4, -0.2) is 41.8 Å². The van der Waals surface area contributed by atoms with Crippen molar-refractivity contribution in [3.8, 4) is 0 Å². The highest BCUT2D eigenvalue weighted by Crippen LogP contribution is 2.32. The van der Waals surface area contributed by atoms with Gasteiger partial charge in [-0.2, -0.15) is 0 Å². The molecule has 0 aliphatic carbocycles. The quantitative estimate of drug-likeness (QED) is 0.777. The molecule has 0 N–H and O–H groups in total. The molecule has 1 saturated heterocycles. The Kier molecular flexibility index (Phi) is 4.19. The number of methoxy groups -OCH3 is 1. The van der Waals surface area contributed by atoms with Gasteiger partial charge in [0, 0.05) is 12.5 Å². The van der Waals surface area contributed by atoms with Gasteiger partial charge in [0.2, 0.25) is 11.8 Å². The van der Waals surface area contributed by atoms with Gasteiger partial charge in [0.15, 0.2) is 0 Å². The van der Waals surface area contributed by atoms with Crippen LogP contribution < -0.4 is 0 Å². The molecule has 0 saturated carbocycles. The lowest BCUT2D eigenvalue weighted by molar-refractivity contribution is -0.147. The predicted octanol–water partition coefficient (Wildman–Crippen LogP) is 1.75. The molecule has 0 bridgehead atoms. The van der Waals surface area contributed by atoms with Gasteiger partial charge >= 0.3 is 5.97 Å². The van der Waals surface area contributed by atoms with Gasteiger partial charge < -0.3 is 9.15 Å². The fourth-order valence-corrected chi connectivity index (χ4v) is 2.43. The topological polar surface area (TPSA) is 68.5 Å². The van der Waals surface area contributed by atoms with E-state index < -0.39 is 0 Å². The average molecular weight is 267 g/mol. The third-order valence-electron chi connectivity index (χ3n) is 3.60. The molecule has 19 heavy (non-hydrogen) atoms. The summed E-state index contributed by atoms with van der Waals surface area (Å²) in [6.07, 6.45) is 1.62. The minimum atomic E-state index is -0.140. The number of nitrogens with zero attached hydrogens (tertiary/aromatic N) is 3. The summed E-state index contributed by atoms with van der Waals surface area (Å²) in [6.45, 7) is 4.71. The van der Waals surface area contributed by atoms with Gasteiger partial charge in [0.05, 0.1) is 19.1 Å². The molecule has 2 rings (SSSR count). The van der Waals surface area contributed by atoms with Crippen LogP contribution in [0.5, 0.6) is 0 Å². The Morgan fingerprint density at radius 1 is 1.42 bits per heavy atom. The fraction of sp³-hybridized carbons (Fsp3) is 0.769. The number of hydrogen-bond acceptors (Lipinski definition) is 6. The van der Waals surface area contributed by atoms with E-state index in [1.807, 2.05) is 20.9 Å². The van der Waals surface area contributed by atoms with Crippen molar-refractivity contribution >= 4 is 5.97 Å². The largest absolute Gasteiger partial charge is 0.469 e. The highest BCUT2D eigenvalue weighted by Gasteiger charge is 2.34. The first kappa shape index (κ1) is 14.0. The number of piperidine rings is 1. The minimum Gasteiger partial charge on any atom is -0.469 e. The maximum atomic E-state index is 11.5. The number of hydrogen-bond donors (Lipinski definition) is 0. The number of esters is 1. The monoisotopic (exact) mass is 267 g/mol. The minimum absolute atomic E-state index is 0.0567. The molecule has 2 atom stereocenters. The van der Waals surface area contributed by atoms with Crippen molar-refractivity contribution in [3.05, 3.63) is 11.8 Å². The maximum absolute atomic E-state index is 11.5. The van der Waals surface area contributed by atoms with E-state index in [2.05, 4.69) is 15.1 Å². The van der Waals surface area contributed by atoms with Crippen molar-refractivity contribution in [3.63, 3.8) is 0 Å². The molecule has 1 aliphatic heterocycles. The Morgan fingerprint density at radius 3 is 2.68 bits per heavy atom. The van der Waals surface area contributed by atoms with Crippen LogP contribution in [0.3, 0.4) is 0 Å². The zero-order valence-electron chi connectivity index (χ0n) is 11.9. The number of rotatable bonds is 3. The van der Waals surface area contributed by atoms with Crippen LogP contribution in [-0.2, 0) is 9.53 Å². The van der Waals surface area contributed by atoms with Gasteiger partial charge in [-0.05, 0) is 19.9 Å². The lowest BCUT2D eigenvalue weighted by Gasteiger charge is -2.33. The molecule has 6 nitrogen and oxygen atoms in total. The van der Waals surface area contributed by atoms with Crippen LogP contribution in [0.4, 0.5) is 0 Å². The number of likely N-dealkylation sites (tertiary alicyclic amines) is 1. The van der Waals surface area contributed by atoms with E-state index in [0.29, 0.717) is 18.3 Å². The Morgan fingerprint density at radius 2 is 2.16 bits per heavy atom. The van der Waals surface area contributed by atoms with Gasteiger partial charge in [0.25, 0.3) is 0 Å². The van der Waals surface area contributed by atoms with Crippen molar-refractivity contribution in [2.45, 2.75) is 38.6 Å². The highest BCUT2D eigenvalue weighted by molar-refractivity contribution is 5.72. The van der Waals surface area contributed by atoms with Gasteiger partial charge in [-0.3, -0.25) is 9.69 Å². The summed E-state index contributed by atoms with van der Waals surface area (Å²) >= 11 is 0. The van der Waals surface area contributed by atoms with Crippen LogP contribution in [0.15, 0.2) is 4.42 Å². The summed E-state index contributed by atoms with van der Waals surface area (Å²) in [5.74, 6) is 1.35. The number of carbonyl (C=O) groups excluding carboxylic acids is 1. The van der Waals surface area contributed by atoms with Gasteiger partial charge in [-0.25, -0.2) is 0 Å². The van der Waals surface area contributed by atoms with Gasteiger partial charge in [-0.1, -0.05) is 13.8 Å². The SMILES string of the molecule is COC(=O)C1CCC(c2nnc(C(C)C)o2)N(C)C1. The summed E-state index contributed by atoms with van der Waals surface area (Å²) < 4.78 is 10.5. The van der Waals surface area contributed by atoms with Gasteiger partial charge in [0.1, 0.15) is 0 Å². The van der Waals surface area contributed by atoms with Crippen molar-refractivity contribution < 1.29 is 13.9 Å². The van der Waals surface area contributed by atoms with Crippen LogP contribution in [0, 0.1) is 5.92 Å². The molecule has 0 aromatic carbocycles. The standard InChI is InChI=1S/C13H21N3O3/c1-8(2)11-14-15-12(19-11)10-6-5-9(7-16(10)3)13(17)18-4/h8-10H,5-7H2,1-4H3. The smallest absolute Gasteiger partial charge is 0.309 e. The molecular formula is C13H21N3O3. The Bertz CT molecular complexity index is 444. The Labute approximate surface area is 113 Å². The summed E-state index contributed by atoms with van der Waals surface area (Å²) in [5, 5.41) is 8.19. The molecule has 1 aromatic heterocycles. The first-order chi connectivity index (χ1) is 9.02. The molecule has 6 heteroatoms. The predicted molar refractivity (Wildman–Crippen MR) is 68.5 cm³/mol. The van der Waals surface area contributed by atoms with Crippen molar-refractivity contribution in [1.29, 1.82) is 0 Å². The molecule has 0 radical (unpaired) electrons. The van der Waals surface area contributed by atoms with Gasteiger partial charge in [-0.15, -0.1) is 10.2 Å². The van der Waals surface area contributed by atoms with E-state index in [9.17, 15) is 4.79 Å². The summed E-state index contributed by atoms with van der Waals surface area (Å²) in [4.78, 5) is 13.6. The summed E-state index contributed by atoms with van der Waals surface area (Å²) in [5.41, 5.74) is 0. The second-order valence-corrected chi connectivity index (χ2v) is 5.39. The summed E-state index contributed by atoms with van der Waals surface area (Å²) in [6, 6.07) is 0.0981. The van der Waals surface area contributed by atoms with Crippen LogP contribution in [0.1, 0.15) is 50.4 Å². The Balaban J connectivity index is 2.04. The van der Waals surface area contributed by atoms with E-state index in [1.165, 1.54) is 7.11 Å². The second kappa shape index (κ2) is 5.69. The van der Waals surface area contributed by atoms with Crippen molar-refractivity contribution in [1.82, 2.24) is 15.1 Å². The highest BCUT2D eigenvalue weighted by atomic mass is 16.5. The average Bonchev–Trinajstić information content (AvgIpc) is 2.87. The number of ether oxygens (including phenoxy) is 1. The second-order valence-electron chi connectivity index (χ2n) is 5.39. The molecule has 1 fully saturated rings. The lowest BCUT2D eigenvalue weighted by atomic mass is 9.93. The first-order valence-corrected chi connectivity index (χ1v) is 6.64. The molecule has 2 unspecified atom stereocenters. The van der Waals surface area contributed by atoms with E-state index in [1.54, 1.807) is 0 Å². The lowest BCUT2D eigenvalue weighted by Crippen LogP contribution is -2.39. The van der Waals surface area contributed by atoms with E-state index in [-0.39, 0.29) is 23.8 Å². The van der Waals surface area contributed by atoms with Crippen molar-refractivity contribution in [2.24, 2.45) is 5.92 Å². The molecule has 106 valence electrons. The van der Waals surface area contributed by atoms with Crippen molar-refractivity contribution in [2.75, 3.05) is 20.7 Å². The first-order valence-electron chi connectivity index (χ1n) is 6.64. The van der Waals surface area contributed by atoms with Crippen LogP contribution in [0.2, 0.25) is 0 Å². The van der Waals surface area contributed by atoms with E-state index in [0.717, 1.165) is 12.8 Å². The van der Waals surface area contributed by atoms with E-state index >= 15 is 0 Å². The number of aromatic nitrogens is 2. The molecular weight excluding hydrogens is 246 g/mol. The molecule has 1 aliphatic rings. The van der Waals surface area contributed by atoms with Crippen LogP contribution in [0.25, 0.3) is 0 Å². The zero-order chi connectivity index (χ0) is 14.0. The zero-order valence-corrected chi connectivity index (χ0v) is 11.9. The normalized spacial score (nSPS) is 24.7. The third kappa shape index (κ3) is 2.94. The molecule has 1 aromatic rings.